The molecule has 0 aromatic carbocycles. The quantitative estimate of drug-likeness (QED) is 0.359. The summed E-state index contributed by atoms with van der Waals surface area (Å²) in [6.45, 7) is 1.94. The van der Waals surface area contributed by atoms with E-state index in [1.807, 2.05) is 0 Å². The van der Waals surface area contributed by atoms with Crippen LogP contribution in [0.1, 0.15) is 50.9 Å². The highest BCUT2D eigenvalue weighted by Crippen LogP contribution is 2.35. The highest BCUT2D eigenvalue weighted by molar-refractivity contribution is 6.03. The van der Waals surface area contributed by atoms with Crippen LogP contribution in [0.25, 0.3) is 0 Å². The smallest absolute Gasteiger partial charge is 0.209 e. The highest BCUT2D eigenvalue weighted by atomic mass is 16.5. The topological polar surface area (TPSA) is 153 Å². The van der Waals surface area contributed by atoms with Gasteiger partial charge in [0.25, 0.3) is 0 Å². The van der Waals surface area contributed by atoms with E-state index in [9.17, 15) is 25.2 Å². The number of rotatable bonds is 7. The molecule has 1 aromatic rings. The van der Waals surface area contributed by atoms with Gasteiger partial charge in [-0.15, -0.1) is 0 Å². The molecule has 4 heterocycles. The molecule has 5 N–H and O–H groups in total. The standard InChI is InChI=1S/C19H29N5O6/c1-2-3-4-5-11(26)15-16(28)18(29)23-7-10-17(22-19(23)21-15)24(9-20-10)14-6-12(27)13(8-25)30-14/h9,11-15,18,25-27,29H,2-8H2,1H3,(H,21,22)/t11-,12-,13+,14+,15+,18-/m0/s1. The Morgan fingerprint density at radius 2 is 2.17 bits per heavy atom. The Balaban J connectivity index is 1.56. The van der Waals surface area contributed by atoms with Crippen LogP contribution in [0.15, 0.2) is 11.3 Å². The molecule has 0 radical (unpaired) electrons. The number of carbonyl (C=O) groups excluding carboxylic acids is 1. The Morgan fingerprint density at radius 1 is 1.37 bits per heavy atom. The Bertz CT molecular complexity index is 813. The molecule has 0 amide bonds. The summed E-state index contributed by atoms with van der Waals surface area (Å²) in [6, 6.07) is -1.03. The summed E-state index contributed by atoms with van der Waals surface area (Å²) >= 11 is 0. The number of hydrogen-bond donors (Lipinski definition) is 5. The predicted molar refractivity (Wildman–Crippen MR) is 105 cm³/mol. The summed E-state index contributed by atoms with van der Waals surface area (Å²) in [4.78, 5) is 22.8. The number of carbonyl (C=O) groups is 1. The van der Waals surface area contributed by atoms with Crippen LogP contribution in [0, 0.1) is 0 Å². The van der Waals surface area contributed by atoms with Gasteiger partial charge in [-0.05, 0) is 6.42 Å². The minimum atomic E-state index is -1.42. The lowest BCUT2D eigenvalue weighted by molar-refractivity contribution is -0.139. The van der Waals surface area contributed by atoms with Gasteiger partial charge in [0.15, 0.2) is 6.23 Å². The minimum absolute atomic E-state index is 0.165. The molecular formula is C19H29N5O6. The molecule has 1 fully saturated rings. The summed E-state index contributed by atoms with van der Waals surface area (Å²) < 4.78 is 7.42. The molecule has 6 atom stereocenters. The van der Waals surface area contributed by atoms with Crippen molar-refractivity contribution in [2.24, 2.45) is 4.99 Å². The fourth-order valence-corrected chi connectivity index (χ4v) is 4.18. The zero-order chi connectivity index (χ0) is 21.4. The molecule has 0 unspecified atom stereocenters. The van der Waals surface area contributed by atoms with Gasteiger partial charge in [0.1, 0.15) is 29.9 Å². The number of Topliss-reactive ketones (excluding diaryl/α,β-unsaturated/α-hetero) is 1. The number of nitrogens with one attached hydrogen (secondary N) is 1. The zero-order valence-corrected chi connectivity index (χ0v) is 16.9. The number of guanidine groups is 1. The predicted octanol–water partition coefficient (Wildman–Crippen LogP) is -0.682. The van der Waals surface area contributed by atoms with Crippen molar-refractivity contribution in [2.45, 2.75) is 82.4 Å². The Hall–Kier alpha value is -2.05. The average molecular weight is 423 g/mol. The van der Waals surface area contributed by atoms with E-state index in [2.05, 4.69) is 22.2 Å². The number of anilines is 1. The van der Waals surface area contributed by atoms with E-state index in [1.165, 1.54) is 4.90 Å². The molecule has 30 heavy (non-hydrogen) atoms. The second-order valence-electron chi connectivity index (χ2n) is 8.05. The van der Waals surface area contributed by atoms with Crippen LogP contribution in [-0.4, -0.2) is 83.8 Å². The molecule has 0 spiro atoms. The van der Waals surface area contributed by atoms with Crippen LogP contribution in [0.2, 0.25) is 0 Å². The van der Waals surface area contributed by atoms with Crippen LogP contribution >= 0.6 is 0 Å². The van der Waals surface area contributed by atoms with Gasteiger partial charge >= 0.3 is 0 Å². The van der Waals surface area contributed by atoms with Gasteiger partial charge in [-0.25, -0.2) is 9.98 Å². The first-order valence-electron chi connectivity index (χ1n) is 10.5. The highest BCUT2D eigenvalue weighted by Gasteiger charge is 2.44. The normalized spacial score (nSPS) is 31.8. The average Bonchev–Trinajstić information content (AvgIpc) is 3.31. The fraction of sp³-hybridized carbons (Fsp3) is 0.737. The number of fused-ring (bicyclic) bond motifs is 2. The lowest BCUT2D eigenvalue weighted by Gasteiger charge is -2.39. The van der Waals surface area contributed by atoms with Crippen molar-refractivity contribution in [1.29, 1.82) is 0 Å². The van der Waals surface area contributed by atoms with Gasteiger partial charge in [0.05, 0.1) is 31.7 Å². The number of aromatic nitrogens is 2. The maximum atomic E-state index is 12.6. The van der Waals surface area contributed by atoms with E-state index < -0.39 is 42.6 Å². The number of ether oxygens (including phenoxy) is 1. The number of imidazole rings is 1. The third kappa shape index (κ3) is 3.71. The summed E-state index contributed by atoms with van der Waals surface area (Å²) in [5, 5.41) is 43.5. The van der Waals surface area contributed by atoms with Crippen molar-refractivity contribution in [1.82, 2.24) is 14.5 Å². The van der Waals surface area contributed by atoms with Crippen LogP contribution in [0.5, 0.6) is 0 Å². The minimum Gasteiger partial charge on any atom is -0.394 e. The summed E-state index contributed by atoms with van der Waals surface area (Å²) in [5.74, 6) is 0.343. The molecule has 3 aliphatic rings. The van der Waals surface area contributed by atoms with Crippen molar-refractivity contribution < 1.29 is 30.0 Å². The zero-order valence-electron chi connectivity index (χ0n) is 16.9. The number of aliphatic imine (C=N–C) groups is 1. The third-order valence-corrected chi connectivity index (χ3v) is 5.96. The first-order valence-corrected chi connectivity index (χ1v) is 10.5. The molecule has 166 valence electrons. The van der Waals surface area contributed by atoms with Gasteiger partial charge in [-0.2, -0.15) is 0 Å². The van der Waals surface area contributed by atoms with E-state index in [-0.39, 0.29) is 19.1 Å². The molecule has 0 bridgehead atoms. The molecule has 3 aliphatic heterocycles. The second-order valence-corrected chi connectivity index (χ2v) is 8.05. The van der Waals surface area contributed by atoms with Crippen LogP contribution < -0.4 is 5.32 Å². The van der Waals surface area contributed by atoms with Crippen molar-refractivity contribution >= 4 is 17.6 Å². The van der Waals surface area contributed by atoms with Crippen LogP contribution in [0.4, 0.5) is 5.82 Å². The van der Waals surface area contributed by atoms with Gasteiger partial charge in [0.2, 0.25) is 11.7 Å². The van der Waals surface area contributed by atoms with Gasteiger partial charge < -0.3 is 35.4 Å². The van der Waals surface area contributed by atoms with Crippen molar-refractivity contribution in [3.05, 3.63) is 12.0 Å². The van der Waals surface area contributed by atoms with E-state index in [0.29, 0.717) is 24.4 Å². The van der Waals surface area contributed by atoms with Crippen LogP contribution in [-0.2, 0) is 16.1 Å². The molecule has 11 heteroatoms. The second kappa shape index (κ2) is 8.60. The van der Waals surface area contributed by atoms with Crippen LogP contribution in [0.3, 0.4) is 0 Å². The lowest BCUT2D eigenvalue weighted by atomic mass is 9.98. The molecule has 4 rings (SSSR count). The number of ketones is 1. The number of unbranched alkanes of at least 4 members (excludes halogenated alkanes) is 2. The number of aliphatic hydroxyl groups is 4. The number of hydrogen-bond acceptors (Lipinski definition) is 10. The SMILES string of the molecule is CCCCC[C@H](O)[C@H]1N=C2Nc3c(ncn3[C@H]3C[C@H](O)[C@@H](CO)O3)CN2[C@@H](O)C1=O. The van der Waals surface area contributed by atoms with Gasteiger partial charge in [-0.3, -0.25) is 9.36 Å². The Kier molecular flexibility index (Phi) is 6.07. The van der Waals surface area contributed by atoms with E-state index in [4.69, 9.17) is 4.74 Å². The summed E-state index contributed by atoms with van der Waals surface area (Å²) in [6.07, 6.45) is 0.680. The van der Waals surface area contributed by atoms with Crippen molar-refractivity contribution in [3.63, 3.8) is 0 Å². The largest absolute Gasteiger partial charge is 0.394 e. The molecule has 1 saturated heterocycles. The van der Waals surface area contributed by atoms with Gasteiger partial charge in [0, 0.05) is 6.42 Å². The monoisotopic (exact) mass is 423 g/mol. The number of nitrogens with zero attached hydrogens (tertiary/aromatic N) is 4. The summed E-state index contributed by atoms with van der Waals surface area (Å²) in [5.41, 5.74) is 0.591. The van der Waals surface area contributed by atoms with Gasteiger partial charge in [-0.1, -0.05) is 26.2 Å². The van der Waals surface area contributed by atoms with E-state index in [1.54, 1.807) is 10.9 Å². The van der Waals surface area contributed by atoms with E-state index in [0.717, 1.165) is 19.3 Å². The molecule has 0 saturated carbocycles. The molecule has 1 aromatic heterocycles. The first-order chi connectivity index (χ1) is 14.4. The maximum absolute atomic E-state index is 12.6. The molecular weight excluding hydrogens is 394 g/mol. The van der Waals surface area contributed by atoms with Crippen molar-refractivity contribution in [2.75, 3.05) is 11.9 Å². The number of aliphatic hydroxyl groups excluding tert-OH is 4. The van der Waals surface area contributed by atoms with Crippen molar-refractivity contribution in [3.8, 4) is 0 Å². The Labute approximate surface area is 174 Å². The molecule has 0 aliphatic carbocycles. The maximum Gasteiger partial charge on any atom is 0.209 e. The van der Waals surface area contributed by atoms with E-state index >= 15 is 0 Å². The Morgan fingerprint density at radius 3 is 2.87 bits per heavy atom. The first kappa shape index (κ1) is 21.2. The fourth-order valence-electron chi connectivity index (χ4n) is 4.18. The lowest BCUT2D eigenvalue weighted by Crippen LogP contribution is -2.58. The summed E-state index contributed by atoms with van der Waals surface area (Å²) in [7, 11) is 0. The third-order valence-electron chi connectivity index (χ3n) is 5.96. The molecule has 11 nitrogen and oxygen atoms in total.